The molecule has 1 N–H and O–H groups in total. The van der Waals surface area contributed by atoms with Crippen molar-refractivity contribution < 1.29 is 18.0 Å². The van der Waals surface area contributed by atoms with Gasteiger partial charge >= 0.3 is 12.1 Å². The fourth-order valence-corrected chi connectivity index (χ4v) is 2.78. The summed E-state index contributed by atoms with van der Waals surface area (Å²) in [4.78, 5) is 20.8. The average molecular weight is 347 g/mol. The summed E-state index contributed by atoms with van der Waals surface area (Å²) in [6.45, 7) is -0.209. The Morgan fingerprint density at radius 2 is 2.12 bits per heavy atom. The second kappa shape index (κ2) is 6.39. The van der Waals surface area contributed by atoms with Gasteiger partial charge in [0.15, 0.2) is 0 Å². The van der Waals surface area contributed by atoms with Crippen LogP contribution in [0.25, 0.3) is 0 Å². The number of para-hydroxylation sites is 1. The standard InChI is InChI=1S/C16H12F3N5O/c17-16(18,19)15(25)21-8-12-5-10-3-1-2-4-13(10)24(12)14-6-11(7-20)22-9-23-14/h1-4,6,9,12H,5,8H2,(H,21,25)/t12-/m1/s1. The van der Waals surface area contributed by atoms with Crippen molar-refractivity contribution in [2.24, 2.45) is 0 Å². The van der Waals surface area contributed by atoms with Gasteiger partial charge in [-0.2, -0.15) is 18.4 Å². The summed E-state index contributed by atoms with van der Waals surface area (Å²) in [5, 5.41) is 10.9. The summed E-state index contributed by atoms with van der Waals surface area (Å²) in [7, 11) is 0. The van der Waals surface area contributed by atoms with Crippen LogP contribution < -0.4 is 10.2 Å². The number of hydrogen-bond acceptors (Lipinski definition) is 5. The first-order valence-corrected chi connectivity index (χ1v) is 7.34. The Kier molecular flexibility index (Phi) is 4.27. The van der Waals surface area contributed by atoms with Crippen molar-refractivity contribution in [1.82, 2.24) is 15.3 Å². The molecule has 3 rings (SSSR count). The molecule has 0 bridgehead atoms. The lowest BCUT2D eigenvalue weighted by atomic mass is 10.1. The van der Waals surface area contributed by atoms with Gasteiger partial charge in [-0.05, 0) is 18.1 Å². The van der Waals surface area contributed by atoms with Crippen LogP contribution in [-0.4, -0.2) is 34.6 Å². The summed E-state index contributed by atoms with van der Waals surface area (Å²) in [6, 6.07) is 10.2. The van der Waals surface area contributed by atoms with Gasteiger partial charge in [0.25, 0.3) is 0 Å². The van der Waals surface area contributed by atoms with Gasteiger partial charge in [0.1, 0.15) is 23.9 Å². The molecule has 2 heterocycles. The Morgan fingerprint density at radius 3 is 2.84 bits per heavy atom. The molecule has 0 radical (unpaired) electrons. The quantitative estimate of drug-likeness (QED) is 0.919. The van der Waals surface area contributed by atoms with E-state index in [2.05, 4.69) is 9.97 Å². The monoisotopic (exact) mass is 347 g/mol. The molecule has 1 aromatic carbocycles. The Morgan fingerprint density at radius 1 is 1.36 bits per heavy atom. The second-order valence-corrected chi connectivity index (χ2v) is 5.44. The van der Waals surface area contributed by atoms with Crippen molar-refractivity contribution in [3.8, 4) is 6.07 Å². The van der Waals surface area contributed by atoms with Gasteiger partial charge in [-0.1, -0.05) is 18.2 Å². The number of hydrogen-bond donors (Lipinski definition) is 1. The smallest absolute Gasteiger partial charge is 0.346 e. The molecule has 1 aliphatic heterocycles. The zero-order valence-electron chi connectivity index (χ0n) is 12.8. The fourth-order valence-electron chi connectivity index (χ4n) is 2.78. The van der Waals surface area contributed by atoms with Crippen LogP contribution in [0.1, 0.15) is 11.3 Å². The maximum atomic E-state index is 12.4. The molecule has 0 aliphatic carbocycles. The third-order valence-electron chi connectivity index (χ3n) is 3.84. The third kappa shape index (κ3) is 3.38. The normalized spacial score (nSPS) is 16.2. The predicted molar refractivity (Wildman–Crippen MR) is 81.9 cm³/mol. The number of halogens is 3. The number of nitrogens with zero attached hydrogens (tertiary/aromatic N) is 4. The first kappa shape index (κ1) is 16.7. The number of carbonyl (C=O) groups excluding carboxylic acids is 1. The highest BCUT2D eigenvalue weighted by molar-refractivity contribution is 5.82. The van der Waals surface area contributed by atoms with Crippen molar-refractivity contribution in [3.05, 3.63) is 47.9 Å². The van der Waals surface area contributed by atoms with Crippen LogP contribution in [0.4, 0.5) is 24.7 Å². The molecule has 9 heteroatoms. The molecule has 128 valence electrons. The summed E-state index contributed by atoms with van der Waals surface area (Å²) in [5.74, 6) is -1.59. The van der Waals surface area contributed by atoms with E-state index < -0.39 is 18.1 Å². The number of anilines is 2. The minimum atomic E-state index is -4.93. The van der Waals surface area contributed by atoms with E-state index in [4.69, 9.17) is 5.26 Å². The third-order valence-corrected chi connectivity index (χ3v) is 3.84. The fraction of sp³-hybridized carbons (Fsp3) is 0.250. The molecule has 6 nitrogen and oxygen atoms in total. The number of amides is 1. The molecular formula is C16H12F3N5O. The topological polar surface area (TPSA) is 81.9 Å². The van der Waals surface area contributed by atoms with Gasteiger partial charge in [-0.15, -0.1) is 0 Å². The highest BCUT2D eigenvalue weighted by atomic mass is 19.4. The van der Waals surface area contributed by atoms with Crippen molar-refractivity contribution >= 4 is 17.4 Å². The largest absolute Gasteiger partial charge is 0.471 e. The van der Waals surface area contributed by atoms with Gasteiger partial charge in [0, 0.05) is 18.3 Å². The van der Waals surface area contributed by atoms with E-state index in [9.17, 15) is 18.0 Å². The van der Waals surface area contributed by atoms with E-state index in [-0.39, 0.29) is 12.2 Å². The first-order chi connectivity index (χ1) is 11.9. The number of nitriles is 1. The van der Waals surface area contributed by atoms with E-state index in [1.807, 2.05) is 29.6 Å². The molecule has 2 aromatic rings. The number of fused-ring (bicyclic) bond motifs is 1. The lowest BCUT2D eigenvalue weighted by Gasteiger charge is -2.27. The van der Waals surface area contributed by atoms with Crippen molar-refractivity contribution in [2.75, 3.05) is 11.4 Å². The molecule has 25 heavy (non-hydrogen) atoms. The maximum Gasteiger partial charge on any atom is 0.471 e. The highest BCUT2D eigenvalue weighted by Crippen LogP contribution is 2.37. The summed E-state index contributed by atoms with van der Waals surface area (Å²) in [5.41, 5.74) is 1.84. The van der Waals surface area contributed by atoms with Crippen LogP contribution in [0.15, 0.2) is 36.7 Å². The van der Waals surface area contributed by atoms with Crippen molar-refractivity contribution in [1.29, 1.82) is 5.26 Å². The van der Waals surface area contributed by atoms with E-state index in [0.717, 1.165) is 11.3 Å². The van der Waals surface area contributed by atoms with E-state index >= 15 is 0 Å². The van der Waals surface area contributed by atoms with Gasteiger partial charge in [0.05, 0.1) is 6.04 Å². The van der Waals surface area contributed by atoms with E-state index in [1.54, 1.807) is 11.0 Å². The summed E-state index contributed by atoms with van der Waals surface area (Å²) in [6.07, 6.45) is -3.26. The van der Waals surface area contributed by atoms with Gasteiger partial charge in [-0.25, -0.2) is 9.97 Å². The molecule has 0 saturated heterocycles. The van der Waals surface area contributed by atoms with Gasteiger partial charge in [0.2, 0.25) is 0 Å². The number of alkyl halides is 3. The zero-order valence-corrected chi connectivity index (χ0v) is 12.8. The lowest BCUT2D eigenvalue weighted by molar-refractivity contribution is -0.173. The Balaban J connectivity index is 1.90. The Hall–Kier alpha value is -3.15. The minimum Gasteiger partial charge on any atom is -0.346 e. The maximum absolute atomic E-state index is 12.4. The van der Waals surface area contributed by atoms with Gasteiger partial charge in [-0.3, -0.25) is 4.79 Å². The van der Waals surface area contributed by atoms with Crippen molar-refractivity contribution in [3.63, 3.8) is 0 Å². The zero-order chi connectivity index (χ0) is 18.0. The SMILES string of the molecule is N#Cc1cc(N2c3ccccc3C[C@@H]2CNC(=O)C(F)(F)F)ncn1. The molecular weight excluding hydrogens is 335 g/mol. The molecule has 1 atom stereocenters. The molecule has 1 aliphatic rings. The minimum absolute atomic E-state index is 0.146. The predicted octanol–water partition coefficient (Wildman–Crippen LogP) is 2.09. The summed E-state index contributed by atoms with van der Waals surface area (Å²) >= 11 is 0. The van der Waals surface area contributed by atoms with Crippen LogP contribution in [0, 0.1) is 11.3 Å². The second-order valence-electron chi connectivity index (χ2n) is 5.44. The molecule has 1 aromatic heterocycles. The number of aromatic nitrogens is 2. The number of benzene rings is 1. The van der Waals surface area contributed by atoms with E-state index in [1.165, 1.54) is 12.4 Å². The number of nitrogens with one attached hydrogen (secondary N) is 1. The number of rotatable bonds is 3. The molecule has 0 fully saturated rings. The Labute approximate surface area is 140 Å². The van der Waals surface area contributed by atoms with E-state index in [0.29, 0.717) is 12.2 Å². The van der Waals surface area contributed by atoms with Crippen LogP contribution >= 0.6 is 0 Å². The van der Waals surface area contributed by atoms with Crippen LogP contribution in [-0.2, 0) is 11.2 Å². The Bertz CT molecular complexity index is 846. The first-order valence-electron chi connectivity index (χ1n) is 7.34. The summed E-state index contributed by atoms with van der Waals surface area (Å²) < 4.78 is 37.3. The lowest BCUT2D eigenvalue weighted by Crippen LogP contribution is -2.44. The van der Waals surface area contributed by atoms with Crippen LogP contribution in [0.5, 0.6) is 0 Å². The van der Waals surface area contributed by atoms with Gasteiger partial charge < -0.3 is 10.2 Å². The highest BCUT2D eigenvalue weighted by Gasteiger charge is 2.40. The molecule has 1 amide bonds. The van der Waals surface area contributed by atoms with Crippen LogP contribution in [0.3, 0.4) is 0 Å². The molecule has 0 unspecified atom stereocenters. The van der Waals surface area contributed by atoms with Crippen LogP contribution in [0.2, 0.25) is 0 Å². The van der Waals surface area contributed by atoms with Crippen molar-refractivity contribution in [2.45, 2.75) is 18.6 Å². The number of carbonyl (C=O) groups is 1. The average Bonchev–Trinajstić information content (AvgIpc) is 2.97. The molecule has 0 spiro atoms. The molecule has 0 saturated carbocycles.